The van der Waals surface area contributed by atoms with Gasteiger partial charge in [-0.15, -0.1) is 0 Å². The van der Waals surface area contributed by atoms with Gasteiger partial charge in [0.25, 0.3) is 5.91 Å². The van der Waals surface area contributed by atoms with E-state index in [-0.39, 0.29) is 5.91 Å². The maximum absolute atomic E-state index is 12.7. The fourth-order valence-electron chi connectivity index (χ4n) is 2.96. The summed E-state index contributed by atoms with van der Waals surface area (Å²) in [5.41, 5.74) is 0.0967. The Labute approximate surface area is 138 Å². The molecule has 1 saturated carbocycles. The molecule has 1 amide bonds. The number of nitrogens with one attached hydrogen (secondary N) is 1. The Morgan fingerprint density at radius 3 is 2.43 bits per heavy atom. The first-order chi connectivity index (χ1) is 11.2. The van der Waals surface area contributed by atoms with Crippen LogP contribution in [0.3, 0.4) is 0 Å². The van der Waals surface area contributed by atoms with E-state index < -0.39 is 5.60 Å². The molecule has 0 radical (unpaired) electrons. The van der Waals surface area contributed by atoms with E-state index in [1.165, 1.54) is 6.42 Å². The van der Waals surface area contributed by atoms with Crippen LogP contribution >= 0.6 is 0 Å². The number of amides is 1. The third-order valence-corrected chi connectivity index (χ3v) is 4.16. The Kier molecular flexibility index (Phi) is 6.86. The lowest BCUT2D eigenvalue weighted by molar-refractivity contribution is -0.145. The Hall–Kier alpha value is -1.59. The van der Waals surface area contributed by atoms with Gasteiger partial charge in [0, 0.05) is 19.4 Å². The Morgan fingerprint density at radius 1 is 1.13 bits per heavy atom. The van der Waals surface area contributed by atoms with Crippen LogP contribution in [0, 0.1) is 0 Å². The lowest BCUT2D eigenvalue weighted by Gasteiger charge is -2.35. The highest BCUT2D eigenvalue weighted by molar-refractivity contribution is 5.97. The van der Waals surface area contributed by atoms with E-state index in [1.54, 1.807) is 7.11 Å². The van der Waals surface area contributed by atoms with Crippen LogP contribution in [0.5, 0.6) is 5.75 Å². The van der Waals surface area contributed by atoms with Crippen LogP contribution in [-0.4, -0.2) is 38.4 Å². The van der Waals surface area contributed by atoms with Crippen molar-refractivity contribution in [3.63, 3.8) is 0 Å². The summed E-state index contributed by atoms with van der Waals surface area (Å²) in [6, 6.07) is 7.39. The molecule has 0 aliphatic heterocycles. The van der Waals surface area contributed by atoms with E-state index in [0.717, 1.165) is 37.1 Å². The minimum atomic E-state index is -0.666. The molecular weight excluding hydrogens is 294 g/mol. The van der Waals surface area contributed by atoms with Crippen LogP contribution in [-0.2, 0) is 14.3 Å². The molecule has 0 bridgehead atoms. The number of rotatable bonds is 8. The Bertz CT molecular complexity index is 475. The van der Waals surface area contributed by atoms with E-state index >= 15 is 0 Å². The molecule has 1 fully saturated rings. The summed E-state index contributed by atoms with van der Waals surface area (Å²) < 4.78 is 16.3. The number of carbonyl (C=O) groups is 1. The molecule has 0 atom stereocenters. The lowest BCUT2D eigenvalue weighted by Crippen LogP contribution is -2.47. The van der Waals surface area contributed by atoms with Gasteiger partial charge in [-0.2, -0.15) is 0 Å². The average Bonchev–Trinajstić information content (AvgIpc) is 2.58. The first-order valence-electron chi connectivity index (χ1n) is 8.37. The second-order valence-corrected chi connectivity index (χ2v) is 5.81. The average molecular weight is 321 g/mol. The molecule has 1 aromatic rings. The highest BCUT2D eigenvalue weighted by atomic mass is 16.5. The normalized spacial score (nSPS) is 16.8. The molecule has 5 nitrogen and oxygen atoms in total. The summed E-state index contributed by atoms with van der Waals surface area (Å²) in [6.45, 7) is 3.56. The first kappa shape index (κ1) is 17.8. The maximum Gasteiger partial charge on any atom is 0.256 e. The molecule has 2 rings (SSSR count). The monoisotopic (exact) mass is 321 g/mol. The van der Waals surface area contributed by atoms with Gasteiger partial charge in [0.2, 0.25) is 0 Å². The predicted molar refractivity (Wildman–Crippen MR) is 89.9 cm³/mol. The summed E-state index contributed by atoms with van der Waals surface area (Å²) in [6.07, 6.45) is 4.85. The number of ether oxygens (including phenoxy) is 3. The quantitative estimate of drug-likeness (QED) is 0.746. The SMILES string of the molecule is CCOC1(C(=O)Nc2ccc(OCCOC)cc2)CCCCC1. The van der Waals surface area contributed by atoms with Crippen molar-refractivity contribution in [1.82, 2.24) is 0 Å². The number of methoxy groups -OCH3 is 1. The minimum absolute atomic E-state index is 0.0351. The molecule has 1 N–H and O–H groups in total. The van der Waals surface area contributed by atoms with E-state index in [4.69, 9.17) is 14.2 Å². The zero-order valence-electron chi connectivity index (χ0n) is 14.1. The minimum Gasteiger partial charge on any atom is -0.491 e. The van der Waals surface area contributed by atoms with E-state index in [0.29, 0.717) is 19.8 Å². The summed E-state index contributed by atoms with van der Waals surface area (Å²) in [7, 11) is 1.64. The first-order valence-corrected chi connectivity index (χ1v) is 8.37. The summed E-state index contributed by atoms with van der Waals surface area (Å²) in [5, 5.41) is 2.99. The summed E-state index contributed by atoms with van der Waals surface area (Å²) in [5.74, 6) is 0.726. The van der Waals surface area contributed by atoms with Gasteiger partial charge in [0.15, 0.2) is 0 Å². The van der Waals surface area contributed by atoms with Crippen molar-refractivity contribution >= 4 is 11.6 Å². The predicted octanol–water partition coefficient (Wildman–Crippen LogP) is 3.39. The van der Waals surface area contributed by atoms with Gasteiger partial charge in [0.05, 0.1) is 6.61 Å². The van der Waals surface area contributed by atoms with Gasteiger partial charge in [-0.25, -0.2) is 0 Å². The molecule has 0 saturated heterocycles. The van der Waals surface area contributed by atoms with Crippen LogP contribution in [0.1, 0.15) is 39.0 Å². The fraction of sp³-hybridized carbons (Fsp3) is 0.611. The van der Waals surface area contributed by atoms with E-state index in [1.807, 2.05) is 31.2 Å². The van der Waals surface area contributed by atoms with Crippen LogP contribution in [0.4, 0.5) is 5.69 Å². The van der Waals surface area contributed by atoms with E-state index in [9.17, 15) is 4.79 Å². The second kappa shape index (κ2) is 8.89. The molecule has 0 unspecified atom stereocenters. The summed E-state index contributed by atoms with van der Waals surface area (Å²) in [4.78, 5) is 12.7. The molecule has 0 aromatic heterocycles. The molecule has 1 aromatic carbocycles. The zero-order chi connectivity index (χ0) is 16.5. The molecule has 1 aliphatic rings. The molecule has 128 valence electrons. The molecular formula is C18H27NO4. The fourth-order valence-corrected chi connectivity index (χ4v) is 2.96. The highest BCUT2D eigenvalue weighted by Gasteiger charge is 2.40. The van der Waals surface area contributed by atoms with Crippen molar-refractivity contribution in [3.05, 3.63) is 24.3 Å². The number of hydrogen-bond acceptors (Lipinski definition) is 4. The summed E-state index contributed by atoms with van der Waals surface area (Å²) >= 11 is 0. The van der Waals surface area contributed by atoms with Gasteiger partial charge >= 0.3 is 0 Å². The number of hydrogen-bond donors (Lipinski definition) is 1. The molecule has 0 spiro atoms. The van der Waals surface area contributed by atoms with Crippen LogP contribution in [0.25, 0.3) is 0 Å². The maximum atomic E-state index is 12.7. The van der Waals surface area contributed by atoms with Crippen molar-refractivity contribution in [2.75, 3.05) is 32.2 Å². The standard InChI is InChI=1S/C18H27NO4/c1-3-23-18(11-5-4-6-12-18)17(20)19-15-7-9-16(10-8-15)22-14-13-21-2/h7-10H,3-6,11-14H2,1-2H3,(H,19,20). The van der Waals surface area contributed by atoms with Gasteiger partial charge in [-0.1, -0.05) is 19.3 Å². The van der Waals surface area contributed by atoms with Crippen molar-refractivity contribution in [3.8, 4) is 5.75 Å². The number of anilines is 1. The lowest BCUT2D eigenvalue weighted by atomic mass is 9.83. The largest absolute Gasteiger partial charge is 0.491 e. The van der Waals surface area contributed by atoms with Gasteiger partial charge in [-0.3, -0.25) is 4.79 Å². The third kappa shape index (κ3) is 4.94. The van der Waals surface area contributed by atoms with E-state index in [2.05, 4.69) is 5.32 Å². The van der Waals surface area contributed by atoms with Crippen LogP contribution in [0.15, 0.2) is 24.3 Å². The van der Waals surface area contributed by atoms with Crippen molar-refractivity contribution in [2.45, 2.75) is 44.6 Å². The van der Waals surface area contributed by atoms with Gasteiger partial charge in [0.1, 0.15) is 18.0 Å². The smallest absolute Gasteiger partial charge is 0.256 e. The second-order valence-electron chi connectivity index (χ2n) is 5.81. The Balaban J connectivity index is 1.95. The van der Waals surface area contributed by atoms with Crippen molar-refractivity contribution < 1.29 is 19.0 Å². The molecule has 23 heavy (non-hydrogen) atoms. The number of carbonyl (C=O) groups excluding carboxylic acids is 1. The highest BCUT2D eigenvalue weighted by Crippen LogP contribution is 2.33. The molecule has 0 heterocycles. The third-order valence-electron chi connectivity index (χ3n) is 4.16. The Morgan fingerprint density at radius 2 is 1.83 bits per heavy atom. The van der Waals surface area contributed by atoms with Crippen LogP contribution < -0.4 is 10.1 Å². The number of benzene rings is 1. The van der Waals surface area contributed by atoms with Gasteiger partial charge < -0.3 is 19.5 Å². The van der Waals surface area contributed by atoms with Crippen molar-refractivity contribution in [2.24, 2.45) is 0 Å². The molecule has 5 heteroatoms. The topological polar surface area (TPSA) is 56.8 Å². The molecule has 1 aliphatic carbocycles. The zero-order valence-corrected chi connectivity index (χ0v) is 14.1. The van der Waals surface area contributed by atoms with Crippen molar-refractivity contribution in [1.29, 1.82) is 0 Å². The van der Waals surface area contributed by atoms with Crippen LogP contribution in [0.2, 0.25) is 0 Å². The van der Waals surface area contributed by atoms with Gasteiger partial charge in [-0.05, 0) is 44.0 Å².